The third-order valence-electron chi connectivity index (χ3n) is 6.49. The number of benzene rings is 2. The Morgan fingerprint density at radius 2 is 0.983 bits per heavy atom. The molecule has 0 aromatic heterocycles. The fraction of sp³-hybridized carbons (Fsp3) is 0.605. The number of carbonyl (C=O) groups excluding carboxylic acids is 3. The van der Waals surface area contributed by atoms with Gasteiger partial charge in [-0.1, -0.05) is 22.3 Å². The molecule has 2 N–H and O–H groups in total. The fourth-order valence-electron chi connectivity index (χ4n) is 4.20. The molecule has 0 amide bonds. The van der Waals surface area contributed by atoms with Gasteiger partial charge in [0.25, 0.3) is 11.4 Å². The van der Waals surface area contributed by atoms with Gasteiger partial charge in [0.05, 0.1) is 42.9 Å². The Balaban J connectivity index is -0.000000349. The number of hydrogen-bond acceptors (Lipinski definition) is 18. The van der Waals surface area contributed by atoms with E-state index in [9.17, 15) is 34.6 Å². The van der Waals surface area contributed by atoms with E-state index in [4.69, 9.17) is 59.7 Å². The van der Waals surface area contributed by atoms with Crippen molar-refractivity contribution in [1.82, 2.24) is 0 Å². The zero-order valence-electron chi connectivity index (χ0n) is 33.3. The van der Waals surface area contributed by atoms with Crippen LogP contribution in [-0.4, -0.2) is 113 Å². The summed E-state index contributed by atoms with van der Waals surface area (Å²) in [5.41, 5.74) is -1.14. The van der Waals surface area contributed by atoms with Gasteiger partial charge in [0.2, 0.25) is 0 Å². The first-order valence-corrected chi connectivity index (χ1v) is 17.2. The minimum absolute atomic E-state index is 0. The summed E-state index contributed by atoms with van der Waals surface area (Å²) < 4.78 is 45.8. The number of ether oxygens (including phenoxy) is 9. The number of aliphatic hydroxyl groups is 2. The molecule has 3 fully saturated rings. The summed E-state index contributed by atoms with van der Waals surface area (Å²) in [5, 5.41) is 37.9. The van der Waals surface area contributed by atoms with Crippen molar-refractivity contribution in [1.29, 1.82) is 0 Å². The van der Waals surface area contributed by atoms with Crippen LogP contribution < -0.4 is 9.47 Å². The first-order chi connectivity index (χ1) is 26.0. The Hall–Kier alpha value is -4.38. The van der Waals surface area contributed by atoms with Gasteiger partial charge in [-0.3, -0.25) is 20.2 Å². The Kier molecular flexibility index (Phi) is 28.1. The maximum absolute atomic E-state index is 11.5. The molecule has 0 saturated carbocycles. The van der Waals surface area contributed by atoms with E-state index in [1.807, 2.05) is 27.7 Å². The van der Waals surface area contributed by atoms with Gasteiger partial charge >= 0.3 is 13.0 Å². The SMILES string of the molecule is C.C.C.CC(C)=O.CC1(C)OCC(CO)O1.CC1(C)OCC(CO)O1.CC1(C)OCC(COC(=O)Oc2ccc([N+](=O)[O-])cc2)O1.O=C(Cl)Oc1ccc([N+](=O)[O-])cc1.[H+]. The summed E-state index contributed by atoms with van der Waals surface area (Å²) in [4.78, 5) is 50.8. The smallest absolute Gasteiger partial charge is 0.431 e. The Morgan fingerprint density at radius 1 is 0.678 bits per heavy atom. The van der Waals surface area contributed by atoms with Gasteiger partial charge in [0, 0.05) is 35.9 Å². The molecule has 20 nitrogen and oxygen atoms in total. The fourth-order valence-corrected chi connectivity index (χ4v) is 4.29. The van der Waals surface area contributed by atoms with E-state index in [1.165, 1.54) is 62.4 Å². The van der Waals surface area contributed by atoms with Crippen LogP contribution in [0, 0.1) is 20.2 Å². The topological polar surface area (TPSA) is 261 Å². The molecule has 0 radical (unpaired) electrons. The van der Waals surface area contributed by atoms with Crippen LogP contribution in [0.4, 0.5) is 21.0 Å². The molecule has 3 atom stereocenters. The standard InChI is InChI=1S/C13H15NO7.C7H4ClNO4.2C6H12O3.C3H6O.3CH4/c1-13(2)19-8-11(21-13)7-18-12(15)20-10-5-3-9(4-6-10)14(16)17;8-7(10)13-6-3-1-5(2-4-6)9(11)12;2*1-6(2)8-4-5(3-7)9-6;1-3(2)4;;;/h3-6,11H,7-8H2,1-2H3;1-4H;2*5,7H,3-4H2,1-2H3;1-2H3;3*1H4/p+1. The third-order valence-corrected chi connectivity index (χ3v) is 6.57. The summed E-state index contributed by atoms with van der Waals surface area (Å²) in [6, 6.07) is 10.1. The average molecular weight is 870 g/mol. The minimum Gasteiger partial charge on any atom is -0.431 e. The highest BCUT2D eigenvalue weighted by Crippen LogP contribution is 2.24. The summed E-state index contributed by atoms with van der Waals surface area (Å²) in [6.07, 6.45) is -1.50. The number of carbonyl (C=O) groups is 3. The van der Waals surface area contributed by atoms with Crippen LogP contribution in [0.3, 0.4) is 0 Å². The van der Waals surface area contributed by atoms with E-state index < -0.39 is 38.8 Å². The van der Waals surface area contributed by atoms with Crippen molar-refractivity contribution in [2.24, 2.45) is 0 Å². The van der Waals surface area contributed by atoms with E-state index in [0.29, 0.717) is 19.8 Å². The van der Waals surface area contributed by atoms with Gasteiger partial charge < -0.3 is 57.6 Å². The molecule has 0 bridgehead atoms. The summed E-state index contributed by atoms with van der Waals surface area (Å²) in [7, 11) is 0. The molecule has 3 saturated heterocycles. The number of aliphatic hydroxyl groups excluding tert-OH is 2. The van der Waals surface area contributed by atoms with Crippen LogP contribution in [0.5, 0.6) is 11.5 Å². The van der Waals surface area contributed by atoms with Gasteiger partial charge in [-0.25, -0.2) is 9.59 Å². The van der Waals surface area contributed by atoms with Crippen LogP contribution in [0.1, 0.15) is 79.1 Å². The summed E-state index contributed by atoms with van der Waals surface area (Å²) in [6.45, 7) is 15.4. The first-order valence-electron chi connectivity index (χ1n) is 16.8. The van der Waals surface area contributed by atoms with Crippen LogP contribution in [0.15, 0.2) is 48.5 Å². The molecule has 3 heterocycles. The van der Waals surface area contributed by atoms with E-state index in [-0.39, 0.29) is 90.5 Å². The quantitative estimate of drug-likeness (QED) is 0.0856. The number of non-ortho nitro benzene ring substituents is 2. The highest BCUT2D eigenvalue weighted by Gasteiger charge is 2.34. The van der Waals surface area contributed by atoms with Crippen molar-refractivity contribution in [3.05, 3.63) is 68.8 Å². The van der Waals surface area contributed by atoms with Gasteiger partial charge in [-0.15, -0.1) is 0 Å². The predicted molar refractivity (Wildman–Crippen MR) is 217 cm³/mol. The maximum atomic E-state index is 11.5. The van der Waals surface area contributed by atoms with Crippen LogP contribution in [0.25, 0.3) is 0 Å². The number of hydrogen-bond donors (Lipinski definition) is 2. The maximum Gasteiger partial charge on any atom is 1.00 e. The second kappa shape index (κ2) is 28.2. The molecule has 0 aliphatic carbocycles. The van der Waals surface area contributed by atoms with Crippen LogP contribution in [-0.2, 0) is 38.0 Å². The second-order valence-electron chi connectivity index (χ2n) is 13.1. The molecule has 5 rings (SSSR count). The Morgan fingerprint density at radius 3 is 1.22 bits per heavy atom. The van der Waals surface area contributed by atoms with Gasteiger partial charge in [0.1, 0.15) is 42.2 Å². The number of nitrogens with zero attached hydrogens (tertiary/aromatic N) is 2. The van der Waals surface area contributed by atoms with Gasteiger partial charge in [-0.2, -0.15) is 0 Å². The molecule has 59 heavy (non-hydrogen) atoms. The largest absolute Gasteiger partial charge is 1.00 e. The average Bonchev–Trinajstić information content (AvgIpc) is 3.78. The third kappa shape index (κ3) is 26.4. The molecule has 3 aliphatic rings. The molecular weight excluding hydrogens is 808 g/mol. The van der Waals surface area contributed by atoms with Crippen molar-refractivity contribution >= 4 is 40.3 Å². The van der Waals surface area contributed by atoms with Crippen LogP contribution in [0.2, 0.25) is 0 Å². The van der Waals surface area contributed by atoms with Crippen molar-refractivity contribution in [2.45, 2.75) is 113 Å². The monoisotopic (exact) mass is 869 g/mol. The number of ketones is 1. The molecule has 3 unspecified atom stereocenters. The molecular formula is C38H62ClN2O18+. The lowest BCUT2D eigenvalue weighted by Gasteiger charge is -2.16. The minimum atomic E-state index is -0.978. The second-order valence-corrected chi connectivity index (χ2v) is 13.4. The first kappa shape index (κ1) is 58.9. The van der Waals surface area contributed by atoms with Gasteiger partial charge in [-0.05, 0) is 79.7 Å². The van der Waals surface area contributed by atoms with Gasteiger partial charge in [0.15, 0.2) is 17.4 Å². The normalized spacial score (nSPS) is 19.7. The number of halogens is 1. The van der Waals surface area contributed by atoms with E-state index >= 15 is 0 Å². The number of rotatable bonds is 8. The summed E-state index contributed by atoms with van der Waals surface area (Å²) in [5.74, 6) is -1.17. The van der Waals surface area contributed by atoms with E-state index in [0.717, 1.165) is 0 Å². The number of Topliss-reactive ketones (excluding diaryl/α,β-unsaturated/α-hetero) is 1. The molecule has 0 spiro atoms. The number of nitro benzene ring substituents is 2. The predicted octanol–water partition coefficient (Wildman–Crippen LogP) is 7.47. The molecule has 2 aromatic carbocycles. The lowest BCUT2D eigenvalue weighted by atomic mass is 10.3. The highest BCUT2D eigenvalue weighted by molar-refractivity contribution is 6.61. The molecule has 2 aromatic rings. The molecule has 338 valence electrons. The van der Waals surface area contributed by atoms with Crippen molar-refractivity contribution in [2.75, 3.05) is 39.6 Å². The Labute approximate surface area is 351 Å². The van der Waals surface area contributed by atoms with Crippen LogP contribution >= 0.6 is 11.6 Å². The lowest BCUT2D eigenvalue weighted by molar-refractivity contribution is -0.385. The van der Waals surface area contributed by atoms with Crippen molar-refractivity contribution < 1.29 is 78.5 Å². The lowest BCUT2D eigenvalue weighted by Crippen LogP contribution is -2.25. The van der Waals surface area contributed by atoms with E-state index in [1.54, 1.807) is 13.8 Å². The zero-order chi connectivity index (χ0) is 42.7. The summed E-state index contributed by atoms with van der Waals surface area (Å²) >= 11 is 4.92. The molecule has 3 aliphatic heterocycles. The highest BCUT2D eigenvalue weighted by atomic mass is 35.5. The zero-order valence-corrected chi connectivity index (χ0v) is 33.0. The van der Waals surface area contributed by atoms with Crippen molar-refractivity contribution in [3.8, 4) is 11.5 Å². The van der Waals surface area contributed by atoms with Crippen molar-refractivity contribution in [3.63, 3.8) is 0 Å². The van der Waals surface area contributed by atoms with E-state index in [2.05, 4.69) is 4.74 Å². The number of nitro groups is 2. The Bertz CT molecular complexity index is 1530. The molecule has 21 heteroatoms.